The first-order chi connectivity index (χ1) is 9.53. The highest BCUT2D eigenvalue weighted by molar-refractivity contribution is 8.72. The number of hydrogen-bond donors (Lipinski definition) is 1. The fourth-order valence-electron chi connectivity index (χ4n) is 1.53. The van der Waals surface area contributed by atoms with Gasteiger partial charge in [-0.3, -0.25) is 4.79 Å². The van der Waals surface area contributed by atoms with Crippen LogP contribution >= 0.6 is 22.1 Å². The summed E-state index contributed by atoms with van der Waals surface area (Å²) in [4.78, 5) is 12.7. The van der Waals surface area contributed by atoms with Crippen LogP contribution in [0.1, 0.15) is 15.2 Å². The number of carbonyl (C=O) groups excluding carboxylic acids is 1. The van der Waals surface area contributed by atoms with Crippen molar-refractivity contribution in [3.8, 4) is 0 Å². The summed E-state index contributed by atoms with van der Waals surface area (Å²) in [6.45, 7) is 0.322. The molecule has 0 aliphatic rings. The Hall–Kier alpha value is -1.31. The van der Waals surface area contributed by atoms with E-state index in [9.17, 15) is 13.2 Å². The van der Waals surface area contributed by atoms with Crippen molar-refractivity contribution < 1.29 is 13.2 Å². The highest BCUT2D eigenvalue weighted by Gasteiger charge is 2.15. The van der Waals surface area contributed by atoms with Gasteiger partial charge in [-0.25, -0.2) is 8.42 Å². The molecule has 0 spiro atoms. The molecule has 1 aromatic carbocycles. The van der Waals surface area contributed by atoms with Gasteiger partial charge in [0.1, 0.15) is 4.21 Å². The van der Waals surface area contributed by atoms with Crippen molar-refractivity contribution >= 4 is 36.9 Å². The molecule has 0 unspecified atom stereocenters. The Morgan fingerprint density at radius 2 is 1.90 bits per heavy atom. The molecule has 4 nitrogen and oxygen atoms in total. The van der Waals surface area contributed by atoms with Crippen LogP contribution in [0.15, 0.2) is 46.7 Å². The van der Waals surface area contributed by atoms with Crippen LogP contribution in [0.2, 0.25) is 0 Å². The molecule has 1 heterocycles. The van der Waals surface area contributed by atoms with Gasteiger partial charge in [0.2, 0.25) is 8.87 Å². The lowest BCUT2D eigenvalue weighted by molar-refractivity contribution is 0.0951. The summed E-state index contributed by atoms with van der Waals surface area (Å²) in [6.07, 6.45) is 1.53. The fourth-order valence-corrected chi connectivity index (χ4v) is 4.91. The molecule has 0 radical (unpaired) electrons. The molecule has 2 rings (SSSR count). The van der Waals surface area contributed by atoms with E-state index in [0.717, 1.165) is 15.7 Å². The molecule has 20 heavy (non-hydrogen) atoms. The van der Waals surface area contributed by atoms with Crippen LogP contribution in [0.5, 0.6) is 0 Å². The van der Waals surface area contributed by atoms with E-state index < -0.39 is 8.87 Å². The lowest BCUT2D eigenvalue weighted by atomic mass is 10.2. The van der Waals surface area contributed by atoms with Crippen molar-refractivity contribution in [1.82, 2.24) is 5.32 Å². The van der Waals surface area contributed by atoms with Gasteiger partial charge < -0.3 is 5.32 Å². The van der Waals surface area contributed by atoms with Gasteiger partial charge in [-0.1, -0.05) is 18.2 Å². The number of amides is 1. The summed E-state index contributed by atoms with van der Waals surface area (Å²) < 4.78 is 23.6. The molecule has 1 aromatic heterocycles. The highest BCUT2D eigenvalue weighted by atomic mass is 33.1. The van der Waals surface area contributed by atoms with E-state index in [1.165, 1.54) is 17.6 Å². The van der Waals surface area contributed by atoms with Gasteiger partial charge in [0.05, 0.1) is 6.54 Å². The number of benzene rings is 1. The Morgan fingerprint density at radius 1 is 1.20 bits per heavy atom. The standard InChI is InChI=1S/C13H13NO3S3/c1-18-20(16,17)12-8-7-11(19-12)9-14-13(15)10-5-3-2-4-6-10/h2-8H,9H2,1H3,(H,14,15). The van der Waals surface area contributed by atoms with Gasteiger partial charge in [0.15, 0.2) is 0 Å². The van der Waals surface area contributed by atoms with E-state index in [-0.39, 0.29) is 5.91 Å². The molecule has 0 aliphatic carbocycles. The van der Waals surface area contributed by atoms with Crippen LogP contribution in [-0.4, -0.2) is 20.6 Å². The average Bonchev–Trinajstić information content (AvgIpc) is 2.95. The van der Waals surface area contributed by atoms with Crippen LogP contribution < -0.4 is 5.32 Å². The molecule has 1 amide bonds. The molecule has 0 atom stereocenters. The van der Waals surface area contributed by atoms with E-state index in [4.69, 9.17) is 0 Å². The van der Waals surface area contributed by atoms with E-state index in [2.05, 4.69) is 5.32 Å². The second-order valence-corrected chi connectivity index (χ2v) is 9.31. The number of nitrogens with one attached hydrogen (secondary N) is 1. The minimum absolute atomic E-state index is 0.173. The van der Waals surface area contributed by atoms with Crippen LogP contribution in [0.4, 0.5) is 0 Å². The number of thiophene rings is 1. The first kappa shape index (κ1) is 15.1. The minimum Gasteiger partial charge on any atom is -0.347 e. The maximum absolute atomic E-state index is 11.8. The maximum Gasteiger partial charge on any atom is 0.251 e. The Labute approximate surface area is 125 Å². The molecule has 2 aromatic rings. The number of carbonyl (C=O) groups is 1. The Kier molecular flexibility index (Phi) is 4.85. The average molecular weight is 327 g/mol. The van der Waals surface area contributed by atoms with Crippen molar-refractivity contribution in [3.05, 3.63) is 52.9 Å². The molecule has 0 aliphatic heterocycles. The van der Waals surface area contributed by atoms with Crippen LogP contribution in [0.25, 0.3) is 0 Å². The summed E-state index contributed by atoms with van der Waals surface area (Å²) in [6, 6.07) is 12.2. The molecule has 0 bridgehead atoms. The molecule has 0 saturated heterocycles. The third-order valence-electron chi connectivity index (χ3n) is 2.56. The van der Waals surface area contributed by atoms with Gasteiger partial charge >= 0.3 is 0 Å². The third kappa shape index (κ3) is 3.62. The zero-order valence-corrected chi connectivity index (χ0v) is 13.1. The van der Waals surface area contributed by atoms with Crippen molar-refractivity contribution in [3.63, 3.8) is 0 Å². The molecule has 0 saturated carbocycles. The first-order valence-corrected chi connectivity index (χ1v) is 9.79. The zero-order chi connectivity index (χ0) is 14.6. The molecule has 1 N–H and O–H groups in total. The van der Waals surface area contributed by atoms with Gasteiger partial charge in [0, 0.05) is 10.4 Å². The maximum atomic E-state index is 11.8. The van der Waals surface area contributed by atoms with E-state index in [0.29, 0.717) is 16.3 Å². The van der Waals surface area contributed by atoms with Crippen molar-refractivity contribution in [2.75, 3.05) is 6.26 Å². The van der Waals surface area contributed by atoms with Crippen LogP contribution in [-0.2, 0) is 15.4 Å². The monoisotopic (exact) mass is 327 g/mol. The van der Waals surface area contributed by atoms with E-state index in [1.807, 2.05) is 6.07 Å². The zero-order valence-electron chi connectivity index (χ0n) is 10.7. The molecule has 106 valence electrons. The summed E-state index contributed by atoms with van der Waals surface area (Å²) in [5, 5.41) is 2.77. The summed E-state index contributed by atoms with van der Waals surface area (Å²) >= 11 is 1.18. The Bertz CT molecular complexity index is 693. The van der Waals surface area contributed by atoms with Gasteiger partial charge in [-0.05, 0) is 41.3 Å². The van der Waals surface area contributed by atoms with Gasteiger partial charge in [-0.2, -0.15) is 0 Å². The van der Waals surface area contributed by atoms with Gasteiger partial charge in [0.25, 0.3) is 5.91 Å². The number of hydrogen-bond acceptors (Lipinski definition) is 5. The summed E-state index contributed by atoms with van der Waals surface area (Å²) in [7, 11) is -2.44. The molecule has 7 heteroatoms. The van der Waals surface area contributed by atoms with Crippen molar-refractivity contribution in [1.29, 1.82) is 0 Å². The topological polar surface area (TPSA) is 63.2 Å². The van der Waals surface area contributed by atoms with Crippen LogP contribution in [0, 0.1) is 0 Å². The lowest BCUT2D eigenvalue weighted by Gasteiger charge is -2.03. The second kappa shape index (κ2) is 6.43. The van der Waals surface area contributed by atoms with Crippen LogP contribution in [0.3, 0.4) is 0 Å². The van der Waals surface area contributed by atoms with E-state index in [1.54, 1.807) is 36.4 Å². The first-order valence-electron chi connectivity index (χ1n) is 5.75. The Morgan fingerprint density at radius 3 is 2.55 bits per heavy atom. The second-order valence-electron chi connectivity index (χ2n) is 3.89. The molecular weight excluding hydrogens is 314 g/mol. The summed E-state index contributed by atoms with van der Waals surface area (Å²) in [5.74, 6) is -0.173. The number of rotatable bonds is 5. The third-order valence-corrected chi connectivity index (χ3v) is 7.59. The predicted octanol–water partition coefficient (Wildman–Crippen LogP) is 2.73. The summed E-state index contributed by atoms with van der Waals surface area (Å²) in [5.41, 5.74) is 0.584. The van der Waals surface area contributed by atoms with Crippen molar-refractivity contribution in [2.45, 2.75) is 10.8 Å². The molecular formula is C13H13NO3S3. The quantitative estimate of drug-likeness (QED) is 0.858. The van der Waals surface area contributed by atoms with Gasteiger partial charge in [-0.15, -0.1) is 11.3 Å². The van der Waals surface area contributed by atoms with Crippen molar-refractivity contribution in [2.24, 2.45) is 0 Å². The SMILES string of the molecule is CSS(=O)(=O)c1ccc(CNC(=O)c2ccccc2)s1. The molecule has 0 fully saturated rings. The smallest absolute Gasteiger partial charge is 0.251 e. The van der Waals surface area contributed by atoms with E-state index >= 15 is 0 Å². The minimum atomic E-state index is -3.25. The Balaban J connectivity index is 2.00. The largest absolute Gasteiger partial charge is 0.347 e. The fraction of sp³-hybridized carbons (Fsp3) is 0.154. The highest BCUT2D eigenvalue weighted by Crippen LogP contribution is 2.28. The normalized spacial score (nSPS) is 11.2. The predicted molar refractivity (Wildman–Crippen MR) is 82.6 cm³/mol. The lowest BCUT2D eigenvalue weighted by Crippen LogP contribution is -2.22.